The van der Waals surface area contributed by atoms with Crippen LogP contribution in [0.1, 0.15) is 43.2 Å². The molecule has 7 heteroatoms. The number of carbonyl (C=O) groups excluding carboxylic acids is 1. The highest BCUT2D eigenvalue weighted by atomic mass is 16.2. The van der Waals surface area contributed by atoms with Crippen LogP contribution in [-0.4, -0.2) is 65.1 Å². The van der Waals surface area contributed by atoms with Crippen LogP contribution in [0.4, 0.5) is 0 Å². The molecule has 7 nitrogen and oxygen atoms in total. The molecule has 2 rings (SSSR count). The second kappa shape index (κ2) is 7.51. The monoisotopic (exact) mass is 294 g/mol. The van der Waals surface area contributed by atoms with Gasteiger partial charge in [-0.2, -0.15) is 0 Å². The van der Waals surface area contributed by atoms with E-state index in [1.807, 2.05) is 0 Å². The summed E-state index contributed by atoms with van der Waals surface area (Å²) in [5.41, 5.74) is 0.404. The van der Waals surface area contributed by atoms with E-state index in [0.717, 1.165) is 32.5 Å². The molecule has 0 aromatic carbocycles. The van der Waals surface area contributed by atoms with Crippen molar-refractivity contribution in [2.45, 2.75) is 38.8 Å². The summed E-state index contributed by atoms with van der Waals surface area (Å²) < 4.78 is 1.77. The van der Waals surface area contributed by atoms with Crippen LogP contribution in [0, 0.1) is 0 Å². The Bertz CT molecular complexity index is 454. The lowest BCUT2D eigenvalue weighted by atomic mass is 10.2. The fourth-order valence-corrected chi connectivity index (χ4v) is 2.06. The van der Waals surface area contributed by atoms with Crippen molar-refractivity contribution in [2.24, 2.45) is 0 Å². The number of hydrogen-bond donors (Lipinski definition) is 2. The van der Waals surface area contributed by atoms with Gasteiger partial charge in [-0.1, -0.05) is 5.21 Å². The van der Waals surface area contributed by atoms with E-state index >= 15 is 0 Å². The van der Waals surface area contributed by atoms with Gasteiger partial charge in [0.05, 0.1) is 12.2 Å². The molecule has 1 aliphatic heterocycles. The molecule has 0 unspecified atom stereocenters. The highest BCUT2D eigenvalue weighted by molar-refractivity contribution is 5.91. The topological polar surface area (TPSA) is 75.1 Å². The first-order chi connectivity index (χ1) is 10.1. The van der Waals surface area contributed by atoms with E-state index in [0.29, 0.717) is 24.3 Å². The minimum Gasteiger partial charge on any atom is -0.351 e. The molecule has 1 amide bonds. The van der Waals surface area contributed by atoms with Crippen molar-refractivity contribution in [3.63, 3.8) is 0 Å². The van der Waals surface area contributed by atoms with Crippen LogP contribution in [0.3, 0.4) is 0 Å². The van der Waals surface area contributed by atoms with Crippen LogP contribution in [0.2, 0.25) is 0 Å². The zero-order valence-corrected chi connectivity index (χ0v) is 13.2. The Morgan fingerprint density at radius 3 is 2.90 bits per heavy atom. The van der Waals surface area contributed by atoms with Gasteiger partial charge >= 0.3 is 0 Å². The third kappa shape index (κ3) is 4.50. The Hall–Kier alpha value is -1.47. The van der Waals surface area contributed by atoms with Crippen LogP contribution in [-0.2, 0) is 0 Å². The van der Waals surface area contributed by atoms with Crippen molar-refractivity contribution in [1.29, 1.82) is 0 Å². The molecule has 118 valence electrons. The van der Waals surface area contributed by atoms with Gasteiger partial charge in [-0.15, -0.1) is 5.10 Å². The maximum atomic E-state index is 11.9. The summed E-state index contributed by atoms with van der Waals surface area (Å²) in [5.74, 6) is -0.134. The van der Waals surface area contributed by atoms with Crippen LogP contribution < -0.4 is 10.6 Å². The normalized spacial score (nSPS) is 15.5. The van der Waals surface area contributed by atoms with E-state index in [4.69, 9.17) is 0 Å². The molecule has 0 atom stereocenters. The van der Waals surface area contributed by atoms with Crippen molar-refractivity contribution in [2.75, 3.05) is 33.2 Å². The van der Waals surface area contributed by atoms with Gasteiger partial charge in [0.1, 0.15) is 0 Å². The average Bonchev–Trinajstić information content (AvgIpc) is 2.85. The molecule has 0 saturated carbocycles. The molecule has 0 spiro atoms. The lowest BCUT2D eigenvalue weighted by Gasteiger charge is -2.26. The number of rotatable bonds is 8. The Morgan fingerprint density at radius 1 is 1.52 bits per heavy atom. The Labute approximate surface area is 126 Å². The van der Waals surface area contributed by atoms with Gasteiger partial charge in [0.15, 0.2) is 5.69 Å². The van der Waals surface area contributed by atoms with E-state index in [9.17, 15) is 4.79 Å². The van der Waals surface area contributed by atoms with Crippen molar-refractivity contribution in [3.8, 4) is 0 Å². The minimum atomic E-state index is -0.134. The molecule has 1 fully saturated rings. The van der Waals surface area contributed by atoms with Crippen LogP contribution in [0.25, 0.3) is 0 Å². The molecule has 2 heterocycles. The number of aromatic nitrogens is 3. The summed E-state index contributed by atoms with van der Waals surface area (Å²) in [6, 6.07) is 0.904. The molecule has 2 N–H and O–H groups in total. The lowest BCUT2D eigenvalue weighted by molar-refractivity contribution is 0.0947. The average molecular weight is 294 g/mol. The second-order valence-corrected chi connectivity index (χ2v) is 5.93. The van der Waals surface area contributed by atoms with E-state index in [1.165, 1.54) is 0 Å². The maximum absolute atomic E-state index is 11.9. The molecular formula is C14H26N6O. The summed E-state index contributed by atoms with van der Waals surface area (Å²) in [6.07, 6.45) is 3.78. The van der Waals surface area contributed by atoms with Gasteiger partial charge in [0.2, 0.25) is 0 Å². The van der Waals surface area contributed by atoms with Crippen LogP contribution in [0.15, 0.2) is 6.20 Å². The Kier molecular flexibility index (Phi) is 5.69. The number of nitrogens with zero attached hydrogens (tertiary/aromatic N) is 4. The Morgan fingerprint density at radius 2 is 2.29 bits per heavy atom. The van der Waals surface area contributed by atoms with Crippen LogP contribution in [0.5, 0.6) is 0 Å². The second-order valence-electron chi connectivity index (χ2n) is 5.93. The van der Waals surface area contributed by atoms with E-state index in [1.54, 1.807) is 10.9 Å². The summed E-state index contributed by atoms with van der Waals surface area (Å²) in [6.45, 7) is 7.90. The van der Waals surface area contributed by atoms with Crippen molar-refractivity contribution in [1.82, 2.24) is 30.5 Å². The number of unbranched alkanes of at least 4 members (excludes halogenated alkanes) is 1. The van der Waals surface area contributed by atoms with Gasteiger partial charge in [-0.3, -0.25) is 4.79 Å². The third-order valence-corrected chi connectivity index (χ3v) is 3.98. The lowest BCUT2D eigenvalue weighted by Crippen LogP contribution is -2.43. The molecule has 0 aliphatic carbocycles. The Balaban J connectivity index is 1.64. The molecule has 1 saturated heterocycles. The summed E-state index contributed by atoms with van der Waals surface area (Å²) in [7, 11) is 2.12. The zero-order chi connectivity index (χ0) is 15.2. The quantitative estimate of drug-likeness (QED) is 0.673. The molecule has 1 aromatic heterocycles. The predicted molar refractivity (Wildman–Crippen MR) is 81.3 cm³/mol. The minimum absolute atomic E-state index is 0.134. The van der Waals surface area contributed by atoms with Gasteiger partial charge in [-0.05, 0) is 40.3 Å². The molecule has 1 aliphatic rings. The summed E-state index contributed by atoms with van der Waals surface area (Å²) in [5, 5.41) is 14.0. The van der Waals surface area contributed by atoms with E-state index in [2.05, 4.69) is 46.7 Å². The van der Waals surface area contributed by atoms with Crippen LogP contribution >= 0.6 is 0 Å². The summed E-state index contributed by atoms with van der Waals surface area (Å²) >= 11 is 0. The summed E-state index contributed by atoms with van der Waals surface area (Å²) in [4.78, 5) is 14.2. The van der Waals surface area contributed by atoms with E-state index in [-0.39, 0.29) is 5.91 Å². The smallest absolute Gasteiger partial charge is 0.273 e. The first-order valence-corrected chi connectivity index (χ1v) is 7.69. The number of amides is 1. The fourth-order valence-electron chi connectivity index (χ4n) is 2.06. The zero-order valence-electron chi connectivity index (χ0n) is 13.2. The van der Waals surface area contributed by atoms with Crippen molar-refractivity contribution < 1.29 is 4.79 Å². The van der Waals surface area contributed by atoms with E-state index < -0.39 is 0 Å². The van der Waals surface area contributed by atoms with Gasteiger partial charge in [0.25, 0.3) is 5.91 Å². The molecule has 21 heavy (non-hydrogen) atoms. The number of hydrogen-bond acceptors (Lipinski definition) is 5. The van der Waals surface area contributed by atoms with Gasteiger partial charge < -0.3 is 15.5 Å². The third-order valence-electron chi connectivity index (χ3n) is 3.98. The highest BCUT2D eigenvalue weighted by Gasteiger charge is 2.21. The first kappa shape index (κ1) is 15.9. The fraction of sp³-hybridized carbons (Fsp3) is 0.786. The molecule has 0 bridgehead atoms. The van der Waals surface area contributed by atoms with Crippen molar-refractivity contribution >= 4 is 5.91 Å². The molecule has 0 radical (unpaired) electrons. The maximum Gasteiger partial charge on any atom is 0.273 e. The SMILES string of the molecule is CC(C)N(C)CCCCNC(=O)c1cn(C2CNC2)nn1. The molecule has 1 aromatic rings. The van der Waals surface area contributed by atoms with Gasteiger partial charge in [-0.25, -0.2) is 4.68 Å². The number of nitrogens with one attached hydrogen (secondary N) is 2. The largest absolute Gasteiger partial charge is 0.351 e. The first-order valence-electron chi connectivity index (χ1n) is 7.69. The van der Waals surface area contributed by atoms with Crippen molar-refractivity contribution in [3.05, 3.63) is 11.9 Å². The predicted octanol–water partition coefficient (Wildman–Crippen LogP) is 0.273. The van der Waals surface area contributed by atoms with Gasteiger partial charge in [0, 0.05) is 25.7 Å². The standard InChI is InChI=1S/C14H26N6O/c1-11(2)19(3)7-5-4-6-16-14(21)13-10-20(18-17-13)12-8-15-9-12/h10-12,15H,4-9H2,1-3H3,(H,16,21). The molecular weight excluding hydrogens is 268 g/mol. The highest BCUT2D eigenvalue weighted by Crippen LogP contribution is 2.09. The number of carbonyl (C=O) groups is 1.